The lowest BCUT2D eigenvalue weighted by atomic mass is 10.1. The van der Waals surface area contributed by atoms with Gasteiger partial charge in [0, 0.05) is 38.5 Å². The maximum Gasteiger partial charge on any atom is 0.472 e. The highest BCUT2D eigenvalue weighted by Gasteiger charge is 2.48. The first-order valence-electron chi connectivity index (χ1n) is 11.4. The van der Waals surface area contributed by atoms with E-state index in [1.54, 1.807) is 6.92 Å². The van der Waals surface area contributed by atoms with Gasteiger partial charge in [0.25, 0.3) is 0 Å². The Kier molecular flexibility index (Phi) is 15.4. The number of carbonyl (C=O) groups is 1. The van der Waals surface area contributed by atoms with Crippen LogP contribution in [-0.4, -0.2) is 74.0 Å². The molecule has 16 heteroatoms. The Labute approximate surface area is 205 Å². The maximum atomic E-state index is 12.4. The molecule has 0 bridgehead atoms. The Morgan fingerprint density at radius 2 is 1.66 bits per heavy atom. The van der Waals surface area contributed by atoms with Crippen LogP contribution in [0.2, 0.25) is 0 Å². The largest absolute Gasteiger partial charge is 0.472 e. The van der Waals surface area contributed by atoms with Crippen LogP contribution in [0.25, 0.3) is 10.4 Å². The van der Waals surface area contributed by atoms with Crippen LogP contribution in [0.15, 0.2) is 5.11 Å². The van der Waals surface area contributed by atoms with E-state index >= 15 is 0 Å². The molecule has 0 spiro atoms. The zero-order valence-electron chi connectivity index (χ0n) is 20.4. The molecule has 0 saturated carbocycles. The van der Waals surface area contributed by atoms with Crippen molar-refractivity contribution in [3.05, 3.63) is 10.4 Å². The van der Waals surface area contributed by atoms with Gasteiger partial charge in [-0.3, -0.25) is 22.9 Å². The second-order valence-electron chi connectivity index (χ2n) is 8.01. The zero-order valence-corrected chi connectivity index (χ0v) is 22.2. The number of ketones is 1. The number of Topliss-reactive ketones (excluding diaryl/α,β-unsaturated/α-hetero) is 1. The van der Waals surface area contributed by atoms with Crippen molar-refractivity contribution in [2.24, 2.45) is 5.11 Å². The van der Waals surface area contributed by atoms with E-state index in [0.717, 1.165) is 32.8 Å². The number of carbonyl (C=O) groups excluding carboxylic acids is 1. The van der Waals surface area contributed by atoms with Gasteiger partial charge in [-0.15, -0.1) is 0 Å². The van der Waals surface area contributed by atoms with Crippen molar-refractivity contribution in [3.63, 3.8) is 0 Å². The van der Waals surface area contributed by atoms with E-state index in [-0.39, 0.29) is 12.4 Å². The van der Waals surface area contributed by atoms with Crippen molar-refractivity contribution in [3.8, 4) is 0 Å². The summed E-state index contributed by atoms with van der Waals surface area (Å²) in [5.41, 5.74) is 8.19. The molecule has 0 aromatic heterocycles. The summed E-state index contributed by atoms with van der Waals surface area (Å²) in [6.07, 6.45) is 1.86. The number of ether oxygens (including phenoxy) is 2. The van der Waals surface area contributed by atoms with E-state index < -0.39 is 46.7 Å². The van der Waals surface area contributed by atoms with Gasteiger partial charge >= 0.3 is 15.6 Å². The van der Waals surface area contributed by atoms with E-state index in [2.05, 4.69) is 14.5 Å². The highest BCUT2D eigenvalue weighted by molar-refractivity contribution is 7.47. The average molecular weight is 545 g/mol. The first-order valence-corrected chi connectivity index (χ1v) is 14.4. The molecule has 6 atom stereocenters. The first kappa shape index (κ1) is 32.1. The summed E-state index contributed by atoms with van der Waals surface area (Å²) < 4.78 is 54.4. The molecule has 14 nitrogen and oxygen atoms in total. The molecule has 1 fully saturated rings. The van der Waals surface area contributed by atoms with Crippen molar-refractivity contribution in [2.75, 3.05) is 34.0 Å². The standard InChI is InChI=1S/C19H37N3O11P2/c1-15-18(28-2)19(17(32-15)14-31-34(24,25)29-3)33-35(26,27)30-13-8-6-4-5-7-10-16(23)11-9-12-21-22-20/h15,17-19H,4-14H2,1-3H3,(H,24,25)(H,26,27)/t15-,17+,18?,19-/m0/s1. The predicted octanol–water partition coefficient (Wildman–Crippen LogP) is 4.05. The van der Waals surface area contributed by atoms with Crippen molar-refractivity contribution in [1.29, 1.82) is 0 Å². The molecule has 1 saturated heterocycles. The number of phosphoric acid groups is 2. The molecule has 1 aliphatic heterocycles. The maximum absolute atomic E-state index is 12.4. The molecule has 1 heterocycles. The van der Waals surface area contributed by atoms with Crippen molar-refractivity contribution < 1.29 is 51.3 Å². The Morgan fingerprint density at radius 3 is 2.31 bits per heavy atom. The number of hydrogen-bond acceptors (Lipinski definition) is 10. The number of rotatable bonds is 20. The number of methoxy groups -OCH3 is 1. The lowest BCUT2D eigenvalue weighted by Gasteiger charge is -2.25. The molecule has 1 aliphatic rings. The van der Waals surface area contributed by atoms with Crippen LogP contribution in [0.3, 0.4) is 0 Å². The van der Waals surface area contributed by atoms with Gasteiger partial charge < -0.3 is 19.3 Å². The second kappa shape index (κ2) is 16.8. The minimum Gasteiger partial charge on any atom is -0.376 e. The normalized spacial score (nSPS) is 25.5. The molecule has 0 aromatic carbocycles. The van der Waals surface area contributed by atoms with Crippen LogP contribution >= 0.6 is 15.6 Å². The number of nitrogens with zero attached hydrogens (tertiary/aromatic N) is 3. The fraction of sp³-hybridized carbons (Fsp3) is 0.947. The van der Waals surface area contributed by atoms with Gasteiger partial charge in [-0.05, 0) is 31.7 Å². The number of azide groups is 1. The molecule has 0 amide bonds. The summed E-state index contributed by atoms with van der Waals surface area (Å²) in [5.74, 6) is 0.146. The van der Waals surface area contributed by atoms with Gasteiger partial charge in [-0.2, -0.15) is 0 Å². The van der Waals surface area contributed by atoms with E-state index in [4.69, 9.17) is 28.6 Å². The van der Waals surface area contributed by atoms with Crippen molar-refractivity contribution in [2.45, 2.75) is 82.7 Å². The predicted molar refractivity (Wildman–Crippen MR) is 125 cm³/mol. The first-order chi connectivity index (χ1) is 16.5. The van der Waals surface area contributed by atoms with E-state index in [0.29, 0.717) is 32.2 Å². The van der Waals surface area contributed by atoms with E-state index in [1.807, 2.05) is 0 Å². The quantitative estimate of drug-likeness (QED) is 0.0736. The summed E-state index contributed by atoms with van der Waals surface area (Å²) in [6.45, 7) is 1.56. The van der Waals surface area contributed by atoms with Crippen molar-refractivity contribution in [1.82, 2.24) is 0 Å². The second-order valence-corrected chi connectivity index (χ2v) is 11.0. The van der Waals surface area contributed by atoms with Crippen LogP contribution in [0.4, 0.5) is 0 Å². The molecular weight excluding hydrogens is 508 g/mol. The Balaban J connectivity index is 2.33. The number of hydrogen-bond donors (Lipinski definition) is 2. The van der Waals surface area contributed by atoms with Gasteiger partial charge in [-0.25, -0.2) is 9.13 Å². The van der Waals surface area contributed by atoms with Crippen LogP contribution in [-0.2, 0) is 41.5 Å². The van der Waals surface area contributed by atoms with Gasteiger partial charge in [0.15, 0.2) is 0 Å². The summed E-state index contributed by atoms with van der Waals surface area (Å²) in [7, 11) is -6.35. The molecular formula is C19H37N3O11P2. The van der Waals surface area contributed by atoms with Crippen LogP contribution in [0.5, 0.6) is 0 Å². The Morgan fingerprint density at radius 1 is 1.00 bits per heavy atom. The number of phosphoric ester groups is 2. The fourth-order valence-corrected chi connectivity index (χ4v) is 4.98. The topological polar surface area (TPSA) is 196 Å². The van der Waals surface area contributed by atoms with E-state index in [9.17, 15) is 23.7 Å². The smallest absolute Gasteiger partial charge is 0.376 e. The van der Waals surface area contributed by atoms with Crippen molar-refractivity contribution >= 4 is 21.4 Å². The van der Waals surface area contributed by atoms with E-state index in [1.165, 1.54) is 7.11 Å². The molecule has 0 radical (unpaired) electrons. The summed E-state index contributed by atoms with van der Waals surface area (Å²) in [5, 5.41) is 3.39. The third-order valence-electron chi connectivity index (χ3n) is 5.33. The summed E-state index contributed by atoms with van der Waals surface area (Å²) in [6, 6.07) is 0. The molecule has 204 valence electrons. The SMILES string of the molecule is COC1[C@H](C)O[C@H](COP(=O)(O)OC)[C@@H]1OP(=O)(O)OCCCCCCCC(=O)CCCN=[N+]=[N-]. The zero-order chi connectivity index (χ0) is 26.3. The Hall–Kier alpha value is -0.880. The third kappa shape index (κ3) is 13.3. The van der Waals surface area contributed by atoms with Gasteiger partial charge in [0.2, 0.25) is 0 Å². The van der Waals surface area contributed by atoms with Gasteiger partial charge in [0.1, 0.15) is 24.1 Å². The minimum atomic E-state index is -4.47. The summed E-state index contributed by atoms with van der Waals surface area (Å²) >= 11 is 0. The lowest BCUT2D eigenvalue weighted by Crippen LogP contribution is -2.37. The lowest BCUT2D eigenvalue weighted by molar-refractivity contribution is -0.119. The molecule has 35 heavy (non-hydrogen) atoms. The number of unbranched alkanes of at least 4 members (excludes halogenated alkanes) is 4. The molecule has 0 aliphatic carbocycles. The molecule has 0 aromatic rings. The Bertz CT molecular complexity index is 781. The van der Waals surface area contributed by atoms with Crippen LogP contribution < -0.4 is 0 Å². The average Bonchev–Trinajstić information content (AvgIpc) is 3.10. The van der Waals surface area contributed by atoms with Crippen LogP contribution in [0.1, 0.15) is 58.3 Å². The van der Waals surface area contributed by atoms with Gasteiger partial charge in [-0.1, -0.05) is 24.4 Å². The third-order valence-corrected chi connectivity index (χ3v) is 7.29. The molecule has 3 unspecified atom stereocenters. The van der Waals surface area contributed by atoms with Crippen LogP contribution in [0, 0.1) is 0 Å². The fourth-order valence-electron chi connectivity index (χ4n) is 3.55. The highest BCUT2D eigenvalue weighted by Crippen LogP contribution is 2.49. The molecule has 1 rings (SSSR count). The minimum absolute atomic E-state index is 0.0103. The van der Waals surface area contributed by atoms with Gasteiger partial charge in [0.05, 0.1) is 19.3 Å². The highest BCUT2D eigenvalue weighted by atomic mass is 31.2. The monoisotopic (exact) mass is 545 g/mol. The summed E-state index contributed by atoms with van der Waals surface area (Å²) in [4.78, 5) is 33.9. The molecule has 2 N–H and O–H groups in total.